The molecule has 7 heavy (non-hydrogen) atoms. The molecule has 0 amide bonds. The van der Waals surface area contributed by atoms with Crippen molar-refractivity contribution in [2.45, 2.75) is 14.4 Å². The Bertz CT molecular complexity index is 72.1. The van der Waals surface area contributed by atoms with Gasteiger partial charge < -0.3 is 5.11 Å². The molecular weight excluding hydrogens is 92.1 g/mol. The first kappa shape index (κ1) is 9.51. The van der Waals surface area contributed by atoms with Crippen LogP contribution in [0.15, 0.2) is 12.2 Å². The van der Waals surface area contributed by atoms with E-state index in [1.807, 2.05) is 0 Å². The van der Waals surface area contributed by atoms with Crippen molar-refractivity contribution >= 4 is 5.97 Å². The first-order valence-corrected chi connectivity index (χ1v) is 1.53. The van der Waals surface area contributed by atoms with Gasteiger partial charge in [-0.2, -0.15) is 0 Å². The lowest BCUT2D eigenvalue weighted by Crippen LogP contribution is -1.92. The number of hydrogen-bond acceptors (Lipinski definition) is 1. The van der Waals surface area contributed by atoms with E-state index in [-0.39, 0.29) is 13.0 Å². The second-order valence-corrected chi connectivity index (χ2v) is 1.09. The van der Waals surface area contributed by atoms with Crippen molar-refractivity contribution in [2.75, 3.05) is 0 Å². The van der Waals surface area contributed by atoms with Crippen molar-refractivity contribution in [3.63, 3.8) is 0 Å². The summed E-state index contributed by atoms with van der Waals surface area (Å²) in [6.45, 7) is 4.60. The van der Waals surface area contributed by atoms with E-state index in [9.17, 15) is 4.79 Å². The molecule has 0 saturated carbocycles. The van der Waals surface area contributed by atoms with Crippen molar-refractivity contribution in [2.24, 2.45) is 0 Å². The Labute approximate surface area is 43.5 Å². The maximum absolute atomic E-state index is 9.60. The Morgan fingerprint density at radius 3 is 1.86 bits per heavy atom. The van der Waals surface area contributed by atoms with Gasteiger partial charge in [0.2, 0.25) is 0 Å². The number of carboxylic acids is 1. The smallest absolute Gasteiger partial charge is 0.330 e. The minimum Gasteiger partial charge on any atom is -0.478 e. The van der Waals surface area contributed by atoms with Crippen molar-refractivity contribution < 1.29 is 9.90 Å². The summed E-state index contributed by atoms with van der Waals surface area (Å²) in [5.74, 6) is -0.935. The van der Waals surface area contributed by atoms with Crippen molar-refractivity contribution in [3.05, 3.63) is 12.2 Å². The van der Waals surface area contributed by atoms with E-state index in [1.165, 1.54) is 6.92 Å². The summed E-state index contributed by atoms with van der Waals surface area (Å²) >= 11 is 0. The molecule has 0 unspecified atom stereocenters. The van der Waals surface area contributed by atoms with E-state index in [4.69, 9.17) is 5.11 Å². The van der Waals surface area contributed by atoms with E-state index in [2.05, 4.69) is 6.58 Å². The Morgan fingerprint density at radius 2 is 1.86 bits per heavy atom. The molecule has 0 aromatic carbocycles. The minimum absolute atomic E-state index is 0. The highest BCUT2D eigenvalue weighted by Gasteiger charge is 1.90. The van der Waals surface area contributed by atoms with Crippen molar-refractivity contribution in [1.82, 2.24) is 0 Å². The number of aliphatic carboxylic acids is 1. The van der Waals surface area contributed by atoms with Crippen LogP contribution >= 0.6 is 0 Å². The van der Waals surface area contributed by atoms with Crippen LogP contribution in [0.2, 0.25) is 0 Å². The summed E-state index contributed by atoms with van der Waals surface area (Å²) in [4.78, 5) is 9.60. The minimum atomic E-state index is -0.935. The lowest BCUT2D eigenvalue weighted by atomic mass is 10.4. The molecule has 0 saturated heterocycles. The molecule has 1 N–H and O–H groups in total. The van der Waals surface area contributed by atoms with Gasteiger partial charge in [-0.1, -0.05) is 14.0 Å². The van der Waals surface area contributed by atoms with Crippen molar-refractivity contribution in [3.8, 4) is 0 Å². The van der Waals surface area contributed by atoms with E-state index < -0.39 is 5.97 Å². The van der Waals surface area contributed by atoms with Gasteiger partial charge in [0.05, 0.1) is 0 Å². The van der Waals surface area contributed by atoms with Gasteiger partial charge in [0.1, 0.15) is 0 Å². The maximum atomic E-state index is 9.60. The highest BCUT2D eigenvalue weighted by atomic mass is 16.4. The molecule has 2 nitrogen and oxygen atoms in total. The normalized spacial score (nSPS) is 6.43. The molecule has 42 valence electrons. The van der Waals surface area contributed by atoms with Gasteiger partial charge in [-0.05, 0) is 6.92 Å². The molecule has 0 rings (SSSR count). The first-order chi connectivity index (χ1) is 2.64. The zero-order valence-electron chi connectivity index (χ0n) is 3.56. The summed E-state index contributed by atoms with van der Waals surface area (Å²) < 4.78 is 0. The molecule has 0 aromatic heterocycles. The molecule has 0 fully saturated rings. The molecule has 0 atom stereocenters. The molecule has 0 aliphatic heterocycles. The van der Waals surface area contributed by atoms with E-state index in [0.717, 1.165) is 0 Å². The number of carbonyl (C=O) groups is 1. The second kappa shape index (κ2) is 3.40. The second-order valence-electron chi connectivity index (χ2n) is 1.09. The summed E-state index contributed by atoms with van der Waals surface area (Å²) in [6, 6.07) is 0. The predicted molar refractivity (Wildman–Crippen MR) is 29.2 cm³/mol. The summed E-state index contributed by atoms with van der Waals surface area (Å²) in [6.07, 6.45) is 0. The van der Waals surface area contributed by atoms with E-state index in [1.54, 1.807) is 0 Å². The Morgan fingerprint density at radius 1 is 1.71 bits per heavy atom. The van der Waals surface area contributed by atoms with Gasteiger partial charge >= 0.3 is 5.97 Å². The van der Waals surface area contributed by atoms with Gasteiger partial charge in [-0.25, -0.2) is 4.79 Å². The van der Waals surface area contributed by atoms with Crippen LogP contribution in [0.1, 0.15) is 14.4 Å². The molecule has 0 aromatic rings. The van der Waals surface area contributed by atoms with Gasteiger partial charge in [0, 0.05) is 5.57 Å². The van der Waals surface area contributed by atoms with Crippen LogP contribution < -0.4 is 0 Å². The maximum Gasteiger partial charge on any atom is 0.330 e. The number of carboxylic acid groups (broad SMARTS) is 1. The third kappa shape index (κ3) is 5.21. The van der Waals surface area contributed by atoms with E-state index in [0.29, 0.717) is 0 Å². The Hall–Kier alpha value is -0.790. The molecule has 0 aliphatic carbocycles. The average Bonchev–Trinajstić information content (AvgIpc) is 1.36. The van der Waals surface area contributed by atoms with Crippen LogP contribution in [-0.2, 0) is 4.79 Å². The number of hydrogen-bond donors (Lipinski definition) is 1. The largest absolute Gasteiger partial charge is 0.478 e. The topological polar surface area (TPSA) is 37.3 Å². The highest BCUT2D eigenvalue weighted by molar-refractivity contribution is 5.84. The third-order valence-electron chi connectivity index (χ3n) is 0.365. The molecule has 0 heterocycles. The van der Waals surface area contributed by atoms with Crippen LogP contribution in [0.4, 0.5) is 0 Å². The third-order valence-corrected chi connectivity index (χ3v) is 0.365. The summed E-state index contributed by atoms with van der Waals surface area (Å²) in [5, 5.41) is 7.89. The summed E-state index contributed by atoms with van der Waals surface area (Å²) in [5.41, 5.74) is 0.176. The van der Waals surface area contributed by atoms with Crippen LogP contribution in [0.3, 0.4) is 0 Å². The standard InChI is InChI=1S/C4H6O2.CH4/c1-3(2)4(5)6;/h1H2,2H3,(H,5,6);1H4. The van der Waals surface area contributed by atoms with Gasteiger partial charge in [0.15, 0.2) is 0 Å². The average molecular weight is 102 g/mol. The van der Waals surface area contributed by atoms with Gasteiger partial charge in [-0.15, -0.1) is 0 Å². The molecule has 0 aliphatic rings. The molecular formula is C5H10O2. The fraction of sp³-hybridized carbons (Fsp3) is 0.400. The zero-order chi connectivity index (χ0) is 5.15. The summed E-state index contributed by atoms with van der Waals surface area (Å²) in [7, 11) is 0. The lowest BCUT2D eigenvalue weighted by Gasteiger charge is -1.79. The molecule has 0 radical (unpaired) electrons. The number of rotatable bonds is 1. The highest BCUT2D eigenvalue weighted by Crippen LogP contribution is 1.81. The van der Waals surface area contributed by atoms with Gasteiger partial charge in [-0.3, -0.25) is 0 Å². The van der Waals surface area contributed by atoms with Crippen LogP contribution in [0.5, 0.6) is 0 Å². The Kier molecular flexibility index (Phi) is 4.62. The fourth-order valence-corrected chi connectivity index (χ4v) is 0. The molecule has 0 bridgehead atoms. The first-order valence-electron chi connectivity index (χ1n) is 1.53. The van der Waals surface area contributed by atoms with Crippen LogP contribution in [0.25, 0.3) is 0 Å². The zero-order valence-corrected chi connectivity index (χ0v) is 3.56. The van der Waals surface area contributed by atoms with Crippen molar-refractivity contribution in [1.29, 1.82) is 0 Å². The van der Waals surface area contributed by atoms with Gasteiger partial charge in [0.25, 0.3) is 0 Å². The predicted octanol–water partition coefficient (Wildman–Crippen LogP) is 1.28. The fourth-order valence-electron chi connectivity index (χ4n) is 0. The van der Waals surface area contributed by atoms with E-state index >= 15 is 0 Å². The SMILES string of the molecule is C.C=C(C)C(=O)O. The lowest BCUT2D eigenvalue weighted by molar-refractivity contribution is -0.132. The Balaban J connectivity index is 0. The molecule has 0 spiro atoms. The van der Waals surface area contributed by atoms with Crippen LogP contribution in [0, 0.1) is 0 Å². The molecule has 2 heteroatoms. The monoisotopic (exact) mass is 102 g/mol. The van der Waals surface area contributed by atoms with Crippen LogP contribution in [-0.4, -0.2) is 11.1 Å². The quantitative estimate of drug-likeness (QED) is 0.506.